The van der Waals surface area contributed by atoms with Crippen molar-refractivity contribution in [2.75, 3.05) is 0 Å². The number of nitrogens with zero attached hydrogens (tertiary/aromatic N) is 6. The van der Waals surface area contributed by atoms with Crippen LogP contribution in [0.4, 0.5) is 34.1 Å². The number of phenolic OH excluding ortho intramolecular Hbond substituents is 2. The summed E-state index contributed by atoms with van der Waals surface area (Å²) in [5.74, 6) is 0.175. The molecule has 0 saturated carbocycles. The fourth-order valence-electron chi connectivity index (χ4n) is 9.23. The molecule has 0 saturated heterocycles. The lowest BCUT2D eigenvalue weighted by molar-refractivity contribution is 0.422. The van der Waals surface area contributed by atoms with Crippen molar-refractivity contribution >= 4 is 86.7 Å². The second-order valence-corrected chi connectivity index (χ2v) is 30.5. The molecule has 2 aromatic heterocycles. The predicted molar refractivity (Wildman–Crippen MR) is 335 cm³/mol. The average Bonchev–Trinajstić information content (AvgIpc) is 0.807. The quantitative estimate of drug-likeness (QED) is 0.0402. The van der Waals surface area contributed by atoms with E-state index < -0.39 is 81.7 Å². The molecule has 90 heavy (non-hydrogen) atoms. The number of aromatic hydroxyl groups is 2. The van der Waals surface area contributed by atoms with Gasteiger partial charge in [0, 0.05) is 22.3 Å². The van der Waals surface area contributed by atoms with Crippen LogP contribution in [0.2, 0.25) is 0 Å². The topological polar surface area (TPSA) is 427 Å². The van der Waals surface area contributed by atoms with Crippen molar-refractivity contribution in [1.29, 1.82) is 0 Å². The van der Waals surface area contributed by atoms with Gasteiger partial charge in [0.2, 0.25) is 33.7 Å². The molecule has 476 valence electrons. The maximum atomic E-state index is 13.1. The third kappa shape index (κ3) is 16.3. The Balaban J connectivity index is 1.27. The minimum atomic E-state index is -5.10. The Morgan fingerprint density at radius 1 is 0.322 bits per heavy atom. The Hall–Kier alpha value is -8.88. The molecule has 26 nitrogen and oxygen atoms in total. The number of hydrogen-bond donors (Lipinski definition) is 12. The zero-order valence-electron chi connectivity index (χ0n) is 50.8. The van der Waals surface area contributed by atoms with E-state index >= 15 is 0 Å². The van der Waals surface area contributed by atoms with Gasteiger partial charge < -0.3 is 10.2 Å². The summed E-state index contributed by atoms with van der Waals surface area (Å²) < 4.78 is 143. The van der Waals surface area contributed by atoms with E-state index in [1.807, 2.05) is 83.1 Å². The van der Waals surface area contributed by atoms with Crippen molar-refractivity contribution in [3.63, 3.8) is 0 Å². The highest BCUT2D eigenvalue weighted by atomic mass is 32.2. The summed E-state index contributed by atoms with van der Waals surface area (Å²) >= 11 is 0. The van der Waals surface area contributed by atoms with Crippen molar-refractivity contribution in [3.8, 4) is 11.5 Å². The highest BCUT2D eigenvalue weighted by Gasteiger charge is 2.29. The number of para-hydroxylation sites is 2. The van der Waals surface area contributed by atoms with Crippen LogP contribution in [-0.2, 0) is 62.1 Å². The smallest absolute Gasteiger partial charge is 0.296 e. The zero-order chi connectivity index (χ0) is 66.5. The van der Waals surface area contributed by atoms with Crippen LogP contribution in [0.1, 0.15) is 116 Å². The van der Waals surface area contributed by atoms with Crippen molar-refractivity contribution in [2.45, 2.75) is 124 Å². The van der Waals surface area contributed by atoms with Gasteiger partial charge >= 0.3 is 0 Å². The molecule has 6 aromatic carbocycles. The molecule has 8 rings (SSSR count). The number of aromatic nitrogens is 6. The van der Waals surface area contributed by atoms with Crippen molar-refractivity contribution in [1.82, 2.24) is 29.9 Å². The second kappa shape index (κ2) is 24.5. The number of H-pyrrole nitrogens is 6. The van der Waals surface area contributed by atoms with Crippen molar-refractivity contribution in [3.05, 3.63) is 176 Å². The lowest BCUT2D eigenvalue weighted by atomic mass is 9.79. The summed E-state index contributed by atoms with van der Waals surface area (Å²) in [5.41, 5.74) is -0.917. The normalized spacial score (nSPS) is 14.6. The molecule has 0 aliphatic carbocycles. The number of nitrogens with one attached hydrogen (secondary N) is 6. The first-order valence-corrected chi connectivity index (χ1v) is 33.1. The molecule has 0 bridgehead atoms. The molecule has 0 unspecified atom stereocenters. The van der Waals surface area contributed by atoms with Gasteiger partial charge in [-0.3, -0.25) is 48.1 Å². The SMILES string of the molecule is CC(C)(C)c1cc(N=c2[nH]c(=Nc3ccc(/C=C/c4ccc(N=c5[nH]c(=Nc6cc(C(C)(C)C)c(O)c(C(C)(C)C)c6)[nH]c(=Nc6ccccc6S(=O)(=O)O)[nH]5)cc4S(=O)(=O)O)c(S(=O)(=O)O)c3)[nH]c(=Nc3ccccc3S(=O)(=O)O)[nH]2)cc(C(C)(C)C)c1O. The van der Waals surface area contributed by atoms with Crippen LogP contribution in [0.15, 0.2) is 159 Å². The summed E-state index contributed by atoms with van der Waals surface area (Å²) in [6.45, 7) is 23.0. The monoisotopic (exact) mass is 1310 g/mol. The third-order valence-electron chi connectivity index (χ3n) is 13.5. The Morgan fingerprint density at radius 2 is 0.567 bits per heavy atom. The third-order valence-corrected chi connectivity index (χ3v) is 17.2. The van der Waals surface area contributed by atoms with Gasteiger partial charge in [-0.1, -0.05) is 132 Å². The molecular formula is C60H68N12O14S4. The van der Waals surface area contributed by atoms with Crippen molar-refractivity contribution in [2.24, 2.45) is 30.0 Å². The summed E-state index contributed by atoms with van der Waals surface area (Å²) in [7, 11) is -19.8. The van der Waals surface area contributed by atoms with E-state index in [9.17, 15) is 62.1 Å². The Morgan fingerprint density at radius 3 is 0.822 bits per heavy atom. The van der Waals surface area contributed by atoms with Gasteiger partial charge in [-0.25, -0.2) is 30.0 Å². The maximum Gasteiger partial charge on any atom is 0.296 e. The van der Waals surface area contributed by atoms with Gasteiger partial charge in [0.05, 0.1) is 34.1 Å². The zero-order valence-corrected chi connectivity index (χ0v) is 54.1. The second-order valence-electron chi connectivity index (χ2n) is 24.9. The minimum Gasteiger partial charge on any atom is -0.507 e. The average molecular weight is 1310 g/mol. The number of phenols is 2. The van der Waals surface area contributed by atoms with Crippen LogP contribution in [0.5, 0.6) is 11.5 Å². The summed E-state index contributed by atoms with van der Waals surface area (Å²) in [6.07, 6.45) is 2.30. The lowest BCUT2D eigenvalue weighted by Crippen LogP contribution is -2.36. The molecule has 0 aliphatic rings. The Kier molecular flexibility index (Phi) is 18.2. The van der Waals surface area contributed by atoms with Crippen LogP contribution in [0, 0.1) is 0 Å². The minimum absolute atomic E-state index is 0.0435. The van der Waals surface area contributed by atoms with Crippen molar-refractivity contribution < 1.29 is 62.1 Å². The highest BCUT2D eigenvalue weighted by molar-refractivity contribution is 7.86. The fourth-order valence-corrected chi connectivity index (χ4v) is 11.9. The molecule has 0 fully saturated rings. The van der Waals surface area contributed by atoms with Gasteiger partial charge in [-0.05, 0) is 106 Å². The number of aromatic amines is 6. The summed E-state index contributed by atoms with van der Waals surface area (Å²) in [6, 6.07) is 24.5. The first-order valence-electron chi connectivity index (χ1n) is 27.4. The van der Waals surface area contributed by atoms with Crippen LogP contribution in [-0.4, -0.2) is 92.0 Å². The molecule has 30 heteroatoms. The standard InChI is InChI=1S/C60H68N12O14S4/c1-57(2,3)39-27-37(28-40(49(39)73)58(4,5)6)63-53-67-51(69-55(71-53)65-43-17-13-15-19-45(43)87(75,76)77)61-35-25-23-33(47(31-35)89(81,82)83)21-22-34-24-26-36(32-48(34)90(84,85)86)62-52-68-54(72-56(70-52)66-44-18-14-16-20-46(44)88(78,79)80)64-38-29-41(59(7,8)9)50(74)42(30-38)60(10,11)12/h13-32,73-74H,1-12H3,(H,75,76,77)(H,78,79,80)(H,81,82,83)(H,84,85,86)(H3,61,63,65,67,69,71)(H3,62,64,66,68,70,72)/b22-21+. The van der Waals surface area contributed by atoms with Gasteiger partial charge in [-0.15, -0.1) is 0 Å². The number of rotatable bonds is 12. The van der Waals surface area contributed by atoms with Gasteiger partial charge in [0.1, 0.15) is 31.1 Å². The predicted octanol–water partition coefficient (Wildman–Crippen LogP) is 8.81. The molecule has 0 amide bonds. The molecule has 2 heterocycles. The maximum absolute atomic E-state index is 13.1. The molecular weight excluding hydrogens is 1240 g/mol. The van der Waals surface area contributed by atoms with Crippen LogP contribution >= 0.6 is 0 Å². The summed E-state index contributed by atoms with van der Waals surface area (Å²) in [4.78, 5) is 42.3. The molecule has 12 N–H and O–H groups in total. The first-order chi connectivity index (χ1) is 41.4. The lowest BCUT2D eigenvalue weighted by Gasteiger charge is -2.27. The van der Waals surface area contributed by atoms with E-state index in [0.29, 0.717) is 33.6 Å². The van der Waals surface area contributed by atoms with E-state index in [1.54, 1.807) is 24.3 Å². The van der Waals surface area contributed by atoms with E-state index in [4.69, 9.17) is 9.98 Å². The van der Waals surface area contributed by atoms with E-state index in [2.05, 4.69) is 49.9 Å². The van der Waals surface area contributed by atoms with E-state index in [1.165, 1.54) is 60.7 Å². The van der Waals surface area contributed by atoms with Crippen LogP contribution in [0.3, 0.4) is 0 Å². The van der Waals surface area contributed by atoms with Crippen LogP contribution < -0.4 is 33.7 Å². The van der Waals surface area contributed by atoms with Crippen LogP contribution in [0.25, 0.3) is 12.2 Å². The molecule has 0 spiro atoms. The van der Waals surface area contributed by atoms with Gasteiger partial charge in [0.25, 0.3) is 40.5 Å². The Labute approximate surface area is 518 Å². The number of hydrogen-bond acceptors (Lipinski definition) is 16. The molecule has 8 aromatic rings. The van der Waals surface area contributed by atoms with E-state index in [0.717, 1.165) is 36.4 Å². The van der Waals surface area contributed by atoms with Gasteiger partial charge in [0.15, 0.2) is 0 Å². The molecule has 0 radical (unpaired) electrons. The van der Waals surface area contributed by atoms with Gasteiger partial charge in [-0.2, -0.15) is 33.7 Å². The highest BCUT2D eigenvalue weighted by Crippen LogP contribution is 2.43. The molecule has 0 aliphatic heterocycles. The Bertz CT molecular complexity index is 4770. The summed E-state index contributed by atoms with van der Waals surface area (Å²) in [5, 5.41) is 22.8. The number of benzene rings is 6. The molecule has 0 atom stereocenters. The first kappa shape index (κ1) is 67.1. The fraction of sp³-hybridized carbons (Fsp3) is 0.267. The largest absolute Gasteiger partial charge is 0.507 e. The van der Waals surface area contributed by atoms with E-state index in [-0.39, 0.29) is 79.1 Å².